The fourth-order valence-electron chi connectivity index (χ4n) is 1.74. The topological polar surface area (TPSA) is 93.7 Å². The van der Waals surface area contributed by atoms with Gasteiger partial charge in [-0.15, -0.1) is 0 Å². The van der Waals surface area contributed by atoms with Gasteiger partial charge in [-0.05, 0) is 30.3 Å². The number of amides is 2. The van der Waals surface area contributed by atoms with E-state index in [2.05, 4.69) is 10.9 Å². The first-order valence-corrected chi connectivity index (χ1v) is 8.09. The standard InChI is InChI=1S/C17H14Cl2N2O5/c18-12-6-7-14(13(19)8-12)25-10-16(23)26-9-15(22)20-21-17(24)11-4-2-1-3-5-11/h1-8H,9-10H2,(H,20,22)(H,21,24). The number of carbonyl (C=O) groups is 3. The molecule has 0 radical (unpaired) electrons. The molecule has 26 heavy (non-hydrogen) atoms. The maximum absolute atomic E-state index is 11.7. The zero-order valence-electron chi connectivity index (χ0n) is 13.3. The van der Waals surface area contributed by atoms with Crippen LogP contribution in [0.2, 0.25) is 10.0 Å². The molecule has 0 aliphatic heterocycles. The van der Waals surface area contributed by atoms with Crippen molar-refractivity contribution >= 4 is 41.0 Å². The molecule has 0 spiro atoms. The van der Waals surface area contributed by atoms with Gasteiger partial charge in [0.05, 0.1) is 5.02 Å². The Bertz CT molecular complexity index is 799. The van der Waals surface area contributed by atoms with Crippen molar-refractivity contribution in [1.82, 2.24) is 10.9 Å². The summed E-state index contributed by atoms with van der Waals surface area (Å²) in [4.78, 5) is 34.9. The van der Waals surface area contributed by atoms with E-state index in [0.717, 1.165) is 0 Å². The van der Waals surface area contributed by atoms with Crippen LogP contribution in [0.4, 0.5) is 0 Å². The second-order valence-electron chi connectivity index (χ2n) is 4.89. The molecule has 0 atom stereocenters. The van der Waals surface area contributed by atoms with Crippen molar-refractivity contribution < 1.29 is 23.9 Å². The highest BCUT2D eigenvalue weighted by molar-refractivity contribution is 6.35. The summed E-state index contributed by atoms with van der Waals surface area (Å²) in [6.07, 6.45) is 0. The van der Waals surface area contributed by atoms with Crippen molar-refractivity contribution in [2.24, 2.45) is 0 Å². The van der Waals surface area contributed by atoms with Crippen LogP contribution in [0.3, 0.4) is 0 Å². The van der Waals surface area contributed by atoms with Crippen molar-refractivity contribution in [3.8, 4) is 5.75 Å². The summed E-state index contributed by atoms with van der Waals surface area (Å²) in [7, 11) is 0. The molecule has 0 unspecified atom stereocenters. The number of carbonyl (C=O) groups excluding carboxylic acids is 3. The van der Waals surface area contributed by atoms with E-state index in [1.807, 2.05) is 0 Å². The summed E-state index contributed by atoms with van der Waals surface area (Å²) in [5.41, 5.74) is 4.71. The summed E-state index contributed by atoms with van der Waals surface area (Å²) >= 11 is 11.6. The van der Waals surface area contributed by atoms with E-state index in [1.54, 1.807) is 36.4 Å². The lowest BCUT2D eigenvalue weighted by Crippen LogP contribution is -2.43. The molecule has 0 saturated heterocycles. The van der Waals surface area contributed by atoms with E-state index in [4.69, 9.17) is 32.7 Å². The molecule has 0 saturated carbocycles. The van der Waals surface area contributed by atoms with Crippen molar-refractivity contribution in [3.05, 3.63) is 64.1 Å². The van der Waals surface area contributed by atoms with Crippen molar-refractivity contribution in [2.45, 2.75) is 0 Å². The molecule has 0 aliphatic rings. The fourth-order valence-corrected chi connectivity index (χ4v) is 2.20. The first-order chi connectivity index (χ1) is 12.5. The summed E-state index contributed by atoms with van der Waals surface area (Å²) in [6.45, 7) is -1.02. The number of rotatable bonds is 6. The molecule has 9 heteroatoms. The van der Waals surface area contributed by atoms with Gasteiger partial charge in [-0.1, -0.05) is 41.4 Å². The van der Waals surface area contributed by atoms with E-state index in [0.29, 0.717) is 10.6 Å². The first kappa shape index (κ1) is 19.6. The van der Waals surface area contributed by atoms with Gasteiger partial charge < -0.3 is 9.47 Å². The van der Waals surface area contributed by atoms with Crippen LogP contribution in [0, 0.1) is 0 Å². The molecule has 2 aromatic carbocycles. The van der Waals surface area contributed by atoms with Gasteiger partial charge in [-0.25, -0.2) is 4.79 Å². The summed E-state index contributed by atoms with van der Waals surface area (Å²) in [5.74, 6) is -1.72. The number of halogens is 2. The number of benzene rings is 2. The van der Waals surface area contributed by atoms with Gasteiger partial charge in [0.15, 0.2) is 13.2 Å². The number of hydrogen-bond donors (Lipinski definition) is 2. The second kappa shape index (κ2) is 9.65. The molecule has 2 rings (SSSR count). The van der Waals surface area contributed by atoms with E-state index in [9.17, 15) is 14.4 Å². The minimum absolute atomic E-state index is 0.242. The van der Waals surface area contributed by atoms with Gasteiger partial charge in [-0.3, -0.25) is 20.4 Å². The molecule has 7 nitrogen and oxygen atoms in total. The Morgan fingerprint density at radius 3 is 2.35 bits per heavy atom. The molecule has 2 aromatic rings. The van der Waals surface area contributed by atoms with Crippen LogP contribution in [-0.4, -0.2) is 31.0 Å². The van der Waals surface area contributed by atoms with Crippen molar-refractivity contribution in [3.63, 3.8) is 0 Å². The van der Waals surface area contributed by atoms with E-state index >= 15 is 0 Å². The van der Waals surface area contributed by atoms with Gasteiger partial charge in [-0.2, -0.15) is 0 Å². The predicted molar refractivity (Wildman–Crippen MR) is 95.0 cm³/mol. The maximum atomic E-state index is 11.7. The summed E-state index contributed by atoms with van der Waals surface area (Å²) < 4.78 is 9.91. The van der Waals surface area contributed by atoms with Crippen LogP contribution in [0.1, 0.15) is 10.4 Å². The number of ether oxygens (including phenoxy) is 2. The average Bonchev–Trinajstić information content (AvgIpc) is 2.64. The Kier molecular flexibility index (Phi) is 7.25. The zero-order chi connectivity index (χ0) is 18.9. The van der Waals surface area contributed by atoms with Gasteiger partial charge >= 0.3 is 5.97 Å². The van der Waals surface area contributed by atoms with Gasteiger partial charge in [0.25, 0.3) is 11.8 Å². The molecule has 0 heterocycles. The number of hydrazine groups is 1. The van der Waals surface area contributed by atoms with Gasteiger partial charge in [0.1, 0.15) is 5.75 Å². The largest absolute Gasteiger partial charge is 0.480 e. The van der Waals surface area contributed by atoms with Crippen molar-refractivity contribution in [2.75, 3.05) is 13.2 Å². The minimum atomic E-state index is -0.777. The lowest BCUT2D eigenvalue weighted by molar-refractivity contribution is -0.150. The maximum Gasteiger partial charge on any atom is 0.344 e. The lowest BCUT2D eigenvalue weighted by Gasteiger charge is -2.09. The highest BCUT2D eigenvalue weighted by Crippen LogP contribution is 2.27. The Labute approximate surface area is 159 Å². The SMILES string of the molecule is O=C(COC(=O)COc1ccc(Cl)cc1Cl)NNC(=O)c1ccccc1. The van der Waals surface area contributed by atoms with Gasteiger partial charge in [0, 0.05) is 10.6 Å². The third-order valence-electron chi connectivity index (χ3n) is 2.96. The molecular weight excluding hydrogens is 383 g/mol. The predicted octanol–water partition coefficient (Wildman–Crippen LogP) is 2.38. The Balaban J connectivity index is 1.68. The summed E-state index contributed by atoms with van der Waals surface area (Å²) in [5, 5.41) is 0.672. The average molecular weight is 397 g/mol. The Morgan fingerprint density at radius 2 is 1.65 bits per heavy atom. The highest BCUT2D eigenvalue weighted by atomic mass is 35.5. The van der Waals surface area contributed by atoms with Crippen LogP contribution in [0.15, 0.2) is 48.5 Å². The molecule has 0 fully saturated rings. The number of esters is 1. The Morgan fingerprint density at radius 1 is 0.923 bits per heavy atom. The quantitative estimate of drug-likeness (QED) is 0.577. The van der Waals surface area contributed by atoms with Crippen LogP contribution in [0.5, 0.6) is 5.75 Å². The molecule has 2 amide bonds. The van der Waals surface area contributed by atoms with Gasteiger partial charge in [0.2, 0.25) is 0 Å². The van der Waals surface area contributed by atoms with E-state index < -0.39 is 31.0 Å². The first-order valence-electron chi connectivity index (χ1n) is 7.33. The zero-order valence-corrected chi connectivity index (χ0v) is 14.8. The van der Waals surface area contributed by atoms with Crippen LogP contribution >= 0.6 is 23.2 Å². The molecule has 0 bridgehead atoms. The molecule has 0 aliphatic carbocycles. The van der Waals surface area contributed by atoms with Crippen LogP contribution in [0.25, 0.3) is 0 Å². The normalized spacial score (nSPS) is 9.92. The molecule has 2 N–H and O–H groups in total. The van der Waals surface area contributed by atoms with E-state index in [-0.39, 0.29) is 10.8 Å². The minimum Gasteiger partial charge on any atom is -0.480 e. The molecule has 136 valence electrons. The third-order valence-corrected chi connectivity index (χ3v) is 3.49. The van der Waals surface area contributed by atoms with Crippen LogP contribution < -0.4 is 15.6 Å². The van der Waals surface area contributed by atoms with E-state index in [1.165, 1.54) is 12.1 Å². The Hall–Kier alpha value is -2.77. The monoisotopic (exact) mass is 396 g/mol. The highest BCUT2D eigenvalue weighted by Gasteiger charge is 2.11. The number of nitrogens with one attached hydrogen (secondary N) is 2. The molecule has 0 aromatic heterocycles. The summed E-state index contributed by atoms with van der Waals surface area (Å²) in [6, 6.07) is 12.8. The second-order valence-corrected chi connectivity index (χ2v) is 5.74. The van der Waals surface area contributed by atoms with Crippen LogP contribution in [-0.2, 0) is 14.3 Å². The fraction of sp³-hybridized carbons (Fsp3) is 0.118. The number of hydrogen-bond acceptors (Lipinski definition) is 5. The third kappa shape index (κ3) is 6.27. The molecular formula is C17H14Cl2N2O5. The lowest BCUT2D eigenvalue weighted by atomic mass is 10.2. The smallest absolute Gasteiger partial charge is 0.344 e. The van der Waals surface area contributed by atoms with Crippen molar-refractivity contribution in [1.29, 1.82) is 0 Å².